The molecule has 0 bridgehead atoms. The lowest BCUT2D eigenvalue weighted by Gasteiger charge is -2.34. The lowest BCUT2D eigenvalue weighted by molar-refractivity contribution is -0.143. The molecular weight excluding hydrogens is 220 g/mol. The summed E-state index contributed by atoms with van der Waals surface area (Å²) in [5.41, 5.74) is 0. The van der Waals surface area contributed by atoms with Gasteiger partial charge in [-0.3, -0.25) is 19.4 Å². The predicted molar refractivity (Wildman–Crippen MR) is 62.3 cm³/mol. The van der Waals surface area contributed by atoms with Crippen molar-refractivity contribution in [1.82, 2.24) is 9.80 Å². The molecule has 1 atom stereocenters. The van der Waals surface area contributed by atoms with Gasteiger partial charge in [-0.25, -0.2) is 0 Å². The van der Waals surface area contributed by atoms with Gasteiger partial charge < -0.3 is 5.11 Å². The predicted octanol–water partition coefficient (Wildman–Crippen LogP) is -0.0178. The molecule has 1 N–H and O–H groups in total. The number of carbonyl (C=O) groups is 2. The van der Waals surface area contributed by atoms with Gasteiger partial charge in [0.25, 0.3) is 0 Å². The minimum Gasteiger partial charge on any atom is -0.395 e. The standard InChI is InChI=1S/C12H20N2O3/c15-9-10-4-1-2-6-13(10)8-12(17)14-7-3-5-11(14)16/h10,15H,1-9H2. The van der Waals surface area contributed by atoms with Crippen LogP contribution >= 0.6 is 0 Å². The van der Waals surface area contributed by atoms with Crippen molar-refractivity contribution in [3.8, 4) is 0 Å². The first-order valence-electron chi connectivity index (χ1n) is 6.40. The van der Waals surface area contributed by atoms with Crippen molar-refractivity contribution in [2.75, 3.05) is 26.2 Å². The molecule has 0 spiro atoms. The van der Waals surface area contributed by atoms with Crippen LogP contribution in [0.2, 0.25) is 0 Å². The summed E-state index contributed by atoms with van der Waals surface area (Å²) in [7, 11) is 0. The first-order valence-corrected chi connectivity index (χ1v) is 6.40. The van der Waals surface area contributed by atoms with Gasteiger partial charge in [-0.1, -0.05) is 6.42 Å². The maximum absolute atomic E-state index is 12.0. The Balaban J connectivity index is 1.90. The zero-order valence-corrected chi connectivity index (χ0v) is 10.1. The van der Waals surface area contributed by atoms with E-state index in [0.717, 1.165) is 32.2 Å². The Labute approximate surface area is 101 Å². The molecule has 2 fully saturated rings. The van der Waals surface area contributed by atoms with E-state index in [1.807, 2.05) is 4.90 Å². The van der Waals surface area contributed by atoms with Crippen molar-refractivity contribution in [2.24, 2.45) is 0 Å². The van der Waals surface area contributed by atoms with Crippen LogP contribution < -0.4 is 0 Å². The second kappa shape index (κ2) is 5.60. The van der Waals surface area contributed by atoms with Crippen LogP contribution in [-0.2, 0) is 9.59 Å². The van der Waals surface area contributed by atoms with E-state index in [0.29, 0.717) is 13.0 Å². The maximum Gasteiger partial charge on any atom is 0.243 e. The van der Waals surface area contributed by atoms with E-state index >= 15 is 0 Å². The van der Waals surface area contributed by atoms with Crippen molar-refractivity contribution in [3.05, 3.63) is 0 Å². The van der Waals surface area contributed by atoms with Gasteiger partial charge >= 0.3 is 0 Å². The zero-order valence-electron chi connectivity index (χ0n) is 10.1. The fourth-order valence-corrected chi connectivity index (χ4v) is 2.65. The van der Waals surface area contributed by atoms with Gasteiger partial charge in [0, 0.05) is 19.0 Å². The van der Waals surface area contributed by atoms with Crippen LogP contribution in [0.1, 0.15) is 32.1 Å². The van der Waals surface area contributed by atoms with Crippen LogP contribution in [0, 0.1) is 0 Å². The first-order chi connectivity index (χ1) is 8.22. The third-order valence-electron chi connectivity index (χ3n) is 3.67. The quantitative estimate of drug-likeness (QED) is 0.753. The van der Waals surface area contributed by atoms with Gasteiger partial charge in [0.1, 0.15) is 0 Å². The number of rotatable bonds is 3. The summed E-state index contributed by atoms with van der Waals surface area (Å²) in [5, 5.41) is 9.26. The molecule has 1 unspecified atom stereocenters. The van der Waals surface area contributed by atoms with E-state index < -0.39 is 0 Å². The third kappa shape index (κ3) is 2.84. The number of aliphatic hydroxyl groups excluding tert-OH is 1. The topological polar surface area (TPSA) is 60.9 Å². The van der Waals surface area contributed by atoms with E-state index in [4.69, 9.17) is 0 Å². The molecule has 2 saturated heterocycles. The van der Waals surface area contributed by atoms with E-state index in [-0.39, 0.29) is 31.0 Å². The average molecular weight is 240 g/mol. The number of carbonyl (C=O) groups excluding carboxylic acids is 2. The van der Waals surface area contributed by atoms with Gasteiger partial charge in [-0.05, 0) is 25.8 Å². The Morgan fingerprint density at radius 3 is 2.76 bits per heavy atom. The highest BCUT2D eigenvalue weighted by molar-refractivity contribution is 5.97. The number of likely N-dealkylation sites (tertiary alicyclic amines) is 2. The van der Waals surface area contributed by atoms with Crippen molar-refractivity contribution in [3.63, 3.8) is 0 Å². The molecule has 2 rings (SSSR count). The second-order valence-electron chi connectivity index (χ2n) is 4.85. The molecule has 5 nitrogen and oxygen atoms in total. The Hall–Kier alpha value is -0.940. The van der Waals surface area contributed by atoms with Crippen LogP contribution in [0.15, 0.2) is 0 Å². The lowest BCUT2D eigenvalue weighted by Crippen LogP contribution is -2.48. The Morgan fingerprint density at radius 2 is 2.12 bits per heavy atom. The molecule has 2 aliphatic heterocycles. The summed E-state index contributed by atoms with van der Waals surface area (Å²) >= 11 is 0. The van der Waals surface area contributed by atoms with Crippen LogP contribution in [0.25, 0.3) is 0 Å². The fourth-order valence-electron chi connectivity index (χ4n) is 2.65. The summed E-state index contributed by atoms with van der Waals surface area (Å²) in [5.74, 6) is -0.152. The number of hydrogen-bond donors (Lipinski definition) is 1. The minimum atomic E-state index is -0.104. The van der Waals surface area contributed by atoms with Crippen LogP contribution in [0.4, 0.5) is 0 Å². The Morgan fingerprint density at radius 1 is 1.29 bits per heavy atom. The zero-order chi connectivity index (χ0) is 12.3. The van der Waals surface area contributed by atoms with Crippen molar-refractivity contribution < 1.29 is 14.7 Å². The van der Waals surface area contributed by atoms with Gasteiger partial charge in [0.2, 0.25) is 11.8 Å². The van der Waals surface area contributed by atoms with E-state index in [1.165, 1.54) is 4.90 Å². The molecule has 0 saturated carbocycles. The number of aliphatic hydroxyl groups is 1. The number of amides is 2. The Bertz CT molecular complexity index is 306. The smallest absolute Gasteiger partial charge is 0.243 e. The molecule has 96 valence electrons. The van der Waals surface area contributed by atoms with Crippen molar-refractivity contribution in [1.29, 1.82) is 0 Å². The van der Waals surface area contributed by atoms with E-state index in [2.05, 4.69) is 0 Å². The SMILES string of the molecule is O=C1CCCN1C(=O)CN1CCCCC1CO. The van der Waals surface area contributed by atoms with Crippen LogP contribution in [0.3, 0.4) is 0 Å². The van der Waals surface area contributed by atoms with Crippen LogP contribution in [0.5, 0.6) is 0 Å². The summed E-state index contributed by atoms with van der Waals surface area (Å²) < 4.78 is 0. The molecule has 0 aliphatic carbocycles. The molecule has 5 heteroatoms. The minimum absolute atomic E-state index is 0.0486. The number of nitrogens with zero attached hydrogens (tertiary/aromatic N) is 2. The van der Waals surface area contributed by atoms with Gasteiger partial charge in [-0.15, -0.1) is 0 Å². The molecular formula is C12H20N2O3. The summed E-state index contributed by atoms with van der Waals surface area (Å²) in [6.07, 6.45) is 4.40. The molecule has 0 aromatic carbocycles. The van der Waals surface area contributed by atoms with Gasteiger partial charge in [-0.2, -0.15) is 0 Å². The molecule has 2 heterocycles. The third-order valence-corrected chi connectivity index (χ3v) is 3.67. The number of imide groups is 1. The molecule has 2 aliphatic rings. The molecule has 2 amide bonds. The van der Waals surface area contributed by atoms with E-state index in [1.54, 1.807) is 0 Å². The molecule has 0 aromatic heterocycles. The van der Waals surface area contributed by atoms with Crippen molar-refractivity contribution >= 4 is 11.8 Å². The molecule has 0 aromatic rings. The number of hydrogen-bond acceptors (Lipinski definition) is 4. The maximum atomic E-state index is 12.0. The summed E-state index contributed by atoms with van der Waals surface area (Å²) in [6.45, 7) is 1.78. The average Bonchev–Trinajstić information content (AvgIpc) is 2.76. The highest BCUT2D eigenvalue weighted by Gasteiger charge is 2.30. The normalized spacial score (nSPS) is 26.5. The highest BCUT2D eigenvalue weighted by Crippen LogP contribution is 2.17. The monoisotopic (exact) mass is 240 g/mol. The number of piperidine rings is 1. The lowest BCUT2D eigenvalue weighted by atomic mass is 10.0. The van der Waals surface area contributed by atoms with Crippen molar-refractivity contribution in [2.45, 2.75) is 38.1 Å². The summed E-state index contributed by atoms with van der Waals surface area (Å²) in [6, 6.07) is 0.0883. The largest absolute Gasteiger partial charge is 0.395 e. The van der Waals surface area contributed by atoms with Crippen LogP contribution in [-0.4, -0.2) is 59.0 Å². The summed E-state index contributed by atoms with van der Waals surface area (Å²) in [4.78, 5) is 26.8. The van der Waals surface area contributed by atoms with Gasteiger partial charge in [0.05, 0.1) is 13.2 Å². The Kier molecular flexibility index (Phi) is 4.12. The van der Waals surface area contributed by atoms with E-state index in [9.17, 15) is 14.7 Å². The molecule has 0 radical (unpaired) electrons. The highest BCUT2D eigenvalue weighted by atomic mass is 16.3. The fraction of sp³-hybridized carbons (Fsp3) is 0.833. The van der Waals surface area contributed by atoms with Gasteiger partial charge in [0.15, 0.2) is 0 Å². The first kappa shape index (κ1) is 12.5. The molecule has 17 heavy (non-hydrogen) atoms. The second-order valence-corrected chi connectivity index (χ2v) is 4.85.